The van der Waals surface area contributed by atoms with E-state index in [1.165, 1.54) is 0 Å². The highest BCUT2D eigenvalue weighted by atomic mass is 16.5. The van der Waals surface area contributed by atoms with Crippen molar-refractivity contribution in [2.24, 2.45) is 0 Å². The van der Waals surface area contributed by atoms with Gasteiger partial charge in [0, 0.05) is 6.07 Å². The summed E-state index contributed by atoms with van der Waals surface area (Å²) < 4.78 is 16.1. The van der Waals surface area contributed by atoms with Crippen LogP contribution in [-0.2, 0) is 4.79 Å². The minimum atomic E-state index is -0.646. The number of para-hydroxylation sites is 1. The number of carbonyl (C=O) groups excluding carboxylic acids is 1. The third kappa shape index (κ3) is 4.16. The Balaban J connectivity index is 2.10. The third-order valence-electron chi connectivity index (χ3n) is 3.43. The molecule has 2 rings (SSSR count). The van der Waals surface area contributed by atoms with Crippen LogP contribution >= 0.6 is 0 Å². The summed E-state index contributed by atoms with van der Waals surface area (Å²) >= 11 is 0. The second-order valence-corrected chi connectivity index (χ2v) is 5.08. The van der Waals surface area contributed by atoms with Gasteiger partial charge < -0.3 is 19.5 Å². The van der Waals surface area contributed by atoms with Crippen LogP contribution in [0.2, 0.25) is 0 Å². The second-order valence-electron chi connectivity index (χ2n) is 5.08. The molecule has 1 atom stereocenters. The van der Waals surface area contributed by atoms with Crippen molar-refractivity contribution in [2.75, 3.05) is 19.5 Å². The molecule has 0 heterocycles. The molecule has 0 aliphatic rings. The topological polar surface area (TPSA) is 56.8 Å². The first kappa shape index (κ1) is 16.7. The van der Waals surface area contributed by atoms with Gasteiger partial charge in [0.2, 0.25) is 0 Å². The molecule has 1 N–H and O–H groups in total. The largest absolute Gasteiger partial charge is 0.497 e. The molecule has 1 amide bonds. The maximum Gasteiger partial charge on any atom is 0.265 e. The first-order chi connectivity index (χ1) is 11.0. The van der Waals surface area contributed by atoms with Crippen molar-refractivity contribution >= 4 is 11.6 Å². The molecule has 0 aliphatic carbocycles. The van der Waals surface area contributed by atoms with Gasteiger partial charge in [-0.15, -0.1) is 0 Å². The average molecular weight is 315 g/mol. The Morgan fingerprint density at radius 2 is 1.78 bits per heavy atom. The molecule has 23 heavy (non-hydrogen) atoms. The Bertz CT molecular complexity index is 684. The highest BCUT2D eigenvalue weighted by Crippen LogP contribution is 2.29. The third-order valence-corrected chi connectivity index (χ3v) is 3.43. The zero-order valence-corrected chi connectivity index (χ0v) is 13.8. The van der Waals surface area contributed by atoms with Gasteiger partial charge >= 0.3 is 0 Å². The van der Waals surface area contributed by atoms with Crippen molar-refractivity contribution in [1.82, 2.24) is 0 Å². The normalized spacial score (nSPS) is 11.5. The molecule has 0 saturated carbocycles. The number of benzene rings is 2. The average Bonchev–Trinajstić information content (AvgIpc) is 2.56. The highest BCUT2D eigenvalue weighted by Gasteiger charge is 2.17. The fourth-order valence-electron chi connectivity index (χ4n) is 2.08. The zero-order chi connectivity index (χ0) is 16.8. The first-order valence-corrected chi connectivity index (χ1v) is 7.30. The molecule has 1 unspecified atom stereocenters. The Morgan fingerprint density at radius 3 is 2.43 bits per heavy atom. The number of hydrogen-bond acceptors (Lipinski definition) is 4. The minimum Gasteiger partial charge on any atom is -0.497 e. The van der Waals surface area contributed by atoms with Gasteiger partial charge in [-0.1, -0.05) is 18.2 Å². The van der Waals surface area contributed by atoms with E-state index >= 15 is 0 Å². The number of anilines is 1. The molecular weight excluding hydrogens is 294 g/mol. The monoisotopic (exact) mass is 315 g/mol. The molecule has 5 heteroatoms. The highest BCUT2D eigenvalue weighted by molar-refractivity contribution is 5.95. The molecule has 2 aromatic rings. The number of nitrogens with one attached hydrogen (secondary N) is 1. The SMILES string of the molecule is COc1ccc(OC)c(NC(=O)C(C)Oc2ccccc2C)c1. The van der Waals surface area contributed by atoms with Crippen LogP contribution in [0.3, 0.4) is 0 Å². The van der Waals surface area contributed by atoms with Gasteiger partial charge in [-0.25, -0.2) is 0 Å². The predicted molar refractivity (Wildman–Crippen MR) is 89.4 cm³/mol. The zero-order valence-electron chi connectivity index (χ0n) is 13.8. The van der Waals surface area contributed by atoms with Crippen LogP contribution < -0.4 is 19.5 Å². The van der Waals surface area contributed by atoms with Crippen LogP contribution in [0.4, 0.5) is 5.69 Å². The summed E-state index contributed by atoms with van der Waals surface area (Å²) in [4.78, 5) is 12.4. The van der Waals surface area contributed by atoms with E-state index in [4.69, 9.17) is 14.2 Å². The summed E-state index contributed by atoms with van der Waals surface area (Å²) in [7, 11) is 3.11. The van der Waals surface area contributed by atoms with Crippen molar-refractivity contribution in [1.29, 1.82) is 0 Å². The van der Waals surface area contributed by atoms with Crippen LogP contribution in [-0.4, -0.2) is 26.2 Å². The van der Waals surface area contributed by atoms with Crippen LogP contribution in [0.25, 0.3) is 0 Å². The van der Waals surface area contributed by atoms with Gasteiger partial charge in [0.25, 0.3) is 5.91 Å². The van der Waals surface area contributed by atoms with Crippen molar-refractivity contribution in [3.05, 3.63) is 48.0 Å². The van der Waals surface area contributed by atoms with E-state index in [2.05, 4.69) is 5.32 Å². The number of hydrogen-bond donors (Lipinski definition) is 1. The van der Waals surface area contributed by atoms with Gasteiger partial charge in [0.15, 0.2) is 6.10 Å². The number of rotatable bonds is 6. The summed E-state index contributed by atoms with van der Waals surface area (Å²) in [5, 5.41) is 2.81. The van der Waals surface area contributed by atoms with E-state index in [1.807, 2.05) is 31.2 Å². The summed E-state index contributed by atoms with van der Waals surface area (Å²) in [6.07, 6.45) is -0.646. The Hall–Kier alpha value is -2.69. The standard InChI is InChI=1S/C18H21NO4/c1-12-7-5-6-8-16(12)23-13(2)18(20)19-15-11-14(21-3)9-10-17(15)22-4/h5-11,13H,1-4H3,(H,19,20). The molecule has 2 aromatic carbocycles. The van der Waals surface area contributed by atoms with E-state index in [0.717, 1.165) is 5.56 Å². The van der Waals surface area contributed by atoms with Gasteiger partial charge in [0.05, 0.1) is 19.9 Å². The minimum absolute atomic E-state index is 0.264. The van der Waals surface area contributed by atoms with Crippen LogP contribution in [0.1, 0.15) is 12.5 Å². The number of methoxy groups -OCH3 is 2. The lowest BCUT2D eigenvalue weighted by Gasteiger charge is -2.17. The van der Waals surface area contributed by atoms with Gasteiger partial charge in [-0.05, 0) is 37.6 Å². The molecule has 5 nitrogen and oxygen atoms in total. The molecule has 0 saturated heterocycles. The fourth-order valence-corrected chi connectivity index (χ4v) is 2.08. The molecule has 0 aromatic heterocycles. The molecule has 122 valence electrons. The van der Waals surface area contributed by atoms with Gasteiger partial charge in [-0.3, -0.25) is 4.79 Å². The quantitative estimate of drug-likeness (QED) is 0.887. The maximum atomic E-state index is 12.4. The van der Waals surface area contributed by atoms with Crippen LogP contribution in [0.15, 0.2) is 42.5 Å². The Morgan fingerprint density at radius 1 is 1.04 bits per heavy atom. The van der Waals surface area contributed by atoms with Crippen molar-refractivity contribution in [3.8, 4) is 17.2 Å². The van der Waals surface area contributed by atoms with Gasteiger partial charge in [0.1, 0.15) is 17.2 Å². The van der Waals surface area contributed by atoms with E-state index in [-0.39, 0.29) is 5.91 Å². The van der Waals surface area contributed by atoms with Crippen molar-refractivity contribution in [2.45, 2.75) is 20.0 Å². The smallest absolute Gasteiger partial charge is 0.265 e. The molecular formula is C18H21NO4. The van der Waals surface area contributed by atoms with Crippen molar-refractivity contribution in [3.63, 3.8) is 0 Å². The second kappa shape index (κ2) is 7.54. The van der Waals surface area contributed by atoms with E-state index in [1.54, 1.807) is 39.3 Å². The maximum absolute atomic E-state index is 12.4. The van der Waals surface area contributed by atoms with E-state index < -0.39 is 6.10 Å². The lowest BCUT2D eigenvalue weighted by atomic mass is 10.2. The van der Waals surface area contributed by atoms with Crippen molar-refractivity contribution < 1.29 is 19.0 Å². The Kier molecular flexibility index (Phi) is 5.46. The molecule has 0 aliphatic heterocycles. The molecule has 0 bridgehead atoms. The lowest BCUT2D eigenvalue weighted by molar-refractivity contribution is -0.122. The van der Waals surface area contributed by atoms with Gasteiger partial charge in [-0.2, -0.15) is 0 Å². The first-order valence-electron chi connectivity index (χ1n) is 7.30. The van der Waals surface area contributed by atoms with E-state index in [0.29, 0.717) is 22.9 Å². The lowest BCUT2D eigenvalue weighted by Crippen LogP contribution is -2.30. The summed E-state index contributed by atoms with van der Waals surface area (Å²) in [5.74, 6) is 1.61. The fraction of sp³-hybridized carbons (Fsp3) is 0.278. The molecule has 0 spiro atoms. The van der Waals surface area contributed by atoms with Crippen LogP contribution in [0.5, 0.6) is 17.2 Å². The Labute approximate surface area is 136 Å². The molecule has 0 radical (unpaired) electrons. The number of amides is 1. The number of aryl methyl sites for hydroxylation is 1. The predicted octanol–water partition coefficient (Wildman–Crippen LogP) is 3.42. The van der Waals surface area contributed by atoms with Crippen LogP contribution in [0, 0.1) is 6.92 Å². The van der Waals surface area contributed by atoms with E-state index in [9.17, 15) is 4.79 Å². The number of ether oxygens (including phenoxy) is 3. The summed E-state index contributed by atoms with van der Waals surface area (Å²) in [6, 6.07) is 12.8. The summed E-state index contributed by atoms with van der Waals surface area (Å²) in [6.45, 7) is 3.64. The number of carbonyl (C=O) groups is 1. The summed E-state index contributed by atoms with van der Waals surface area (Å²) in [5.41, 5.74) is 1.52. The molecule has 0 fully saturated rings.